The Labute approximate surface area is 250 Å². The van der Waals surface area contributed by atoms with Crippen LogP contribution in [0.25, 0.3) is 6.08 Å². The van der Waals surface area contributed by atoms with Crippen LogP contribution in [-0.4, -0.2) is 43.2 Å². The first-order valence-corrected chi connectivity index (χ1v) is 14.6. The van der Waals surface area contributed by atoms with E-state index in [0.717, 1.165) is 16.8 Å². The number of Topliss-reactive ketones (excluding diaryl/α,β-unsaturated/α-hetero) is 3. The van der Waals surface area contributed by atoms with Crippen molar-refractivity contribution in [2.75, 3.05) is 18.6 Å². The molecule has 214 valence electrons. The highest BCUT2D eigenvalue weighted by Gasteiger charge is 2.72. The Morgan fingerprint density at radius 2 is 1.60 bits per heavy atom. The first kappa shape index (κ1) is 26.9. The molecule has 7 rings (SSSR count). The predicted molar refractivity (Wildman–Crippen MR) is 165 cm³/mol. The van der Waals surface area contributed by atoms with Crippen LogP contribution in [0.2, 0.25) is 0 Å². The summed E-state index contributed by atoms with van der Waals surface area (Å²) in [6.07, 6.45) is 3.93. The second-order valence-electron chi connectivity index (χ2n) is 11.3. The minimum absolute atomic E-state index is 0.199. The Bertz CT molecular complexity index is 1800. The van der Waals surface area contributed by atoms with E-state index in [-0.39, 0.29) is 17.3 Å². The number of carbonyl (C=O) groups excluding carboxylic acids is 3. The number of ketones is 3. The lowest BCUT2D eigenvalue weighted by Crippen LogP contribution is -2.48. The lowest BCUT2D eigenvalue weighted by Gasteiger charge is -2.37. The van der Waals surface area contributed by atoms with Crippen LogP contribution in [-0.2, 0) is 0 Å². The Balaban J connectivity index is 1.56. The van der Waals surface area contributed by atoms with Gasteiger partial charge in [0.1, 0.15) is 23.0 Å². The molecule has 0 saturated carbocycles. The molecule has 2 heterocycles. The van der Waals surface area contributed by atoms with Crippen molar-refractivity contribution in [2.24, 2.45) is 5.41 Å². The van der Waals surface area contributed by atoms with Gasteiger partial charge in [0.25, 0.3) is 0 Å². The molecule has 1 fully saturated rings. The number of rotatable bonds is 6. The zero-order valence-corrected chi connectivity index (χ0v) is 24.2. The van der Waals surface area contributed by atoms with E-state index in [4.69, 9.17) is 9.47 Å². The smallest absolute Gasteiger partial charge is 0.186 e. The Morgan fingerprint density at radius 1 is 0.884 bits per heavy atom. The zero-order chi connectivity index (χ0) is 29.9. The van der Waals surface area contributed by atoms with Crippen molar-refractivity contribution >= 4 is 29.1 Å². The molecule has 0 bridgehead atoms. The lowest BCUT2D eigenvalue weighted by atomic mass is 9.64. The number of hydrogen-bond donors (Lipinski definition) is 0. The Hall–Kier alpha value is -4.97. The largest absolute Gasteiger partial charge is 0.497 e. The van der Waals surface area contributed by atoms with E-state index in [1.807, 2.05) is 67.3 Å². The molecule has 6 nitrogen and oxygen atoms in total. The van der Waals surface area contributed by atoms with Gasteiger partial charge >= 0.3 is 0 Å². The predicted octanol–water partition coefficient (Wildman–Crippen LogP) is 6.72. The summed E-state index contributed by atoms with van der Waals surface area (Å²) in [5, 5.41) is 0. The SMILES string of the molecule is CCOc1ccccc1[C@@H]1[C@@H](C(=O)c2cccc(OC)c2)N2c3ccc(C)cc3C=C[C@@H]2C12C(=O)c1ccccc1C2=O. The third-order valence-corrected chi connectivity index (χ3v) is 9.14. The van der Waals surface area contributed by atoms with Crippen LogP contribution in [0.5, 0.6) is 11.5 Å². The summed E-state index contributed by atoms with van der Waals surface area (Å²) < 4.78 is 11.6. The summed E-state index contributed by atoms with van der Waals surface area (Å²) in [6.45, 7) is 4.31. The van der Waals surface area contributed by atoms with Crippen molar-refractivity contribution in [1.82, 2.24) is 0 Å². The number of nitrogens with zero attached hydrogens (tertiary/aromatic N) is 1. The van der Waals surface area contributed by atoms with Crippen LogP contribution < -0.4 is 14.4 Å². The van der Waals surface area contributed by atoms with E-state index in [2.05, 4.69) is 6.07 Å². The fraction of sp³-hybridized carbons (Fsp3) is 0.216. The minimum Gasteiger partial charge on any atom is -0.497 e. The molecule has 3 atom stereocenters. The van der Waals surface area contributed by atoms with E-state index >= 15 is 0 Å². The van der Waals surface area contributed by atoms with Crippen LogP contribution in [0.3, 0.4) is 0 Å². The summed E-state index contributed by atoms with van der Waals surface area (Å²) in [7, 11) is 1.56. The highest BCUT2D eigenvalue weighted by molar-refractivity contribution is 6.32. The van der Waals surface area contributed by atoms with Gasteiger partial charge in [0, 0.05) is 33.9 Å². The number of ether oxygens (including phenoxy) is 2. The molecule has 4 aromatic rings. The van der Waals surface area contributed by atoms with Crippen LogP contribution in [0, 0.1) is 12.3 Å². The van der Waals surface area contributed by atoms with Gasteiger partial charge in [-0.25, -0.2) is 0 Å². The maximum absolute atomic E-state index is 14.9. The highest BCUT2D eigenvalue weighted by Crippen LogP contribution is 2.62. The number of fused-ring (bicyclic) bond motifs is 5. The summed E-state index contributed by atoms with van der Waals surface area (Å²) in [4.78, 5) is 46.7. The van der Waals surface area contributed by atoms with Gasteiger partial charge in [-0.15, -0.1) is 0 Å². The monoisotopic (exact) mass is 569 g/mol. The number of methoxy groups -OCH3 is 1. The molecule has 43 heavy (non-hydrogen) atoms. The van der Waals surface area contributed by atoms with Gasteiger partial charge in [-0.05, 0) is 49.7 Å². The first-order chi connectivity index (χ1) is 20.9. The topological polar surface area (TPSA) is 72.9 Å². The Kier molecular flexibility index (Phi) is 6.31. The summed E-state index contributed by atoms with van der Waals surface area (Å²) >= 11 is 0. The number of anilines is 1. The molecule has 0 unspecified atom stereocenters. The Morgan fingerprint density at radius 3 is 2.33 bits per heavy atom. The van der Waals surface area contributed by atoms with E-state index in [1.165, 1.54) is 0 Å². The summed E-state index contributed by atoms with van der Waals surface area (Å²) in [5.41, 5.74) is 3.12. The van der Waals surface area contributed by atoms with Crippen molar-refractivity contribution in [2.45, 2.75) is 31.8 Å². The van der Waals surface area contributed by atoms with Gasteiger partial charge in [-0.3, -0.25) is 14.4 Å². The van der Waals surface area contributed by atoms with Crippen molar-refractivity contribution in [3.05, 3.63) is 130 Å². The molecular weight excluding hydrogens is 538 g/mol. The molecule has 2 aliphatic heterocycles. The average molecular weight is 570 g/mol. The van der Waals surface area contributed by atoms with E-state index in [9.17, 15) is 14.4 Å². The van der Waals surface area contributed by atoms with Crippen LogP contribution in [0.4, 0.5) is 5.69 Å². The molecule has 0 N–H and O–H groups in total. The molecule has 1 spiro atoms. The standard InChI is InChI=1S/C37H31NO5/c1-4-43-30-15-8-7-14-28(30)32-33(34(39)24-10-9-11-25(21-24)42-3)38-29-18-16-22(2)20-23(29)17-19-31(38)37(32)35(40)26-12-5-6-13-27(26)36(37)41/h5-21,31-33H,4H2,1-3H3/t31-,32-,33+/m1/s1. The second-order valence-corrected chi connectivity index (χ2v) is 11.3. The third-order valence-electron chi connectivity index (χ3n) is 9.14. The summed E-state index contributed by atoms with van der Waals surface area (Å²) in [5.74, 6) is -0.460. The molecule has 0 radical (unpaired) electrons. The second kappa shape index (κ2) is 10.1. The zero-order valence-electron chi connectivity index (χ0n) is 24.2. The number of hydrogen-bond acceptors (Lipinski definition) is 6. The number of benzene rings is 4. The number of para-hydroxylation sites is 1. The number of carbonyl (C=O) groups is 3. The van der Waals surface area contributed by atoms with Crippen molar-refractivity contribution in [3.63, 3.8) is 0 Å². The van der Waals surface area contributed by atoms with Gasteiger partial charge < -0.3 is 14.4 Å². The van der Waals surface area contributed by atoms with E-state index in [1.54, 1.807) is 55.6 Å². The third kappa shape index (κ3) is 3.75. The van der Waals surface area contributed by atoms with Crippen molar-refractivity contribution in [3.8, 4) is 11.5 Å². The van der Waals surface area contributed by atoms with Crippen LogP contribution >= 0.6 is 0 Å². The fourth-order valence-electron chi connectivity index (χ4n) is 7.41. The average Bonchev–Trinajstić information content (AvgIpc) is 3.47. The molecule has 1 aliphatic carbocycles. The number of aryl methyl sites for hydroxylation is 1. The van der Waals surface area contributed by atoms with Gasteiger partial charge in [0.15, 0.2) is 17.3 Å². The lowest BCUT2D eigenvalue weighted by molar-refractivity contribution is 0.0664. The van der Waals surface area contributed by atoms with Crippen molar-refractivity contribution in [1.29, 1.82) is 0 Å². The fourth-order valence-corrected chi connectivity index (χ4v) is 7.41. The molecular formula is C37H31NO5. The highest BCUT2D eigenvalue weighted by atomic mass is 16.5. The minimum atomic E-state index is -1.59. The normalized spacial score (nSPS) is 21.0. The van der Waals surface area contributed by atoms with Gasteiger partial charge in [-0.1, -0.05) is 78.4 Å². The van der Waals surface area contributed by atoms with E-state index in [0.29, 0.717) is 40.4 Å². The maximum atomic E-state index is 14.9. The van der Waals surface area contributed by atoms with Gasteiger partial charge in [0.05, 0.1) is 19.8 Å². The van der Waals surface area contributed by atoms with Crippen molar-refractivity contribution < 1.29 is 23.9 Å². The van der Waals surface area contributed by atoms with E-state index < -0.39 is 23.4 Å². The van der Waals surface area contributed by atoms with Crippen LogP contribution in [0.1, 0.15) is 60.6 Å². The quantitative estimate of drug-likeness (QED) is 0.190. The maximum Gasteiger partial charge on any atom is 0.186 e. The van der Waals surface area contributed by atoms with Crippen LogP contribution in [0.15, 0.2) is 97.1 Å². The molecule has 1 saturated heterocycles. The summed E-state index contributed by atoms with van der Waals surface area (Å²) in [6, 6.07) is 26.0. The molecule has 0 aromatic heterocycles. The molecule has 6 heteroatoms. The molecule has 0 amide bonds. The molecule has 4 aromatic carbocycles. The first-order valence-electron chi connectivity index (χ1n) is 14.6. The van der Waals surface area contributed by atoms with Gasteiger partial charge in [-0.2, -0.15) is 0 Å². The van der Waals surface area contributed by atoms with Gasteiger partial charge in [0.2, 0.25) is 0 Å². The molecule has 3 aliphatic rings.